The van der Waals surface area contributed by atoms with Crippen LogP contribution in [0.4, 0.5) is 0 Å². The highest BCUT2D eigenvalue weighted by atomic mass is 79.9. The van der Waals surface area contributed by atoms with Gasteiger partial charge in [-0.2, -0.15) is 0 Å². The third-order valence-corrected chi connectivity index (χ3v) is 2.67. The monoisotopic (exact) mass is 264 g/mol. The first-order chi connectivity index (χ1) is 7.26. The minimum Gasteiger partial charge on any atom is -0.388 e. The van der Waals surface area contributed by atoms with Gasteiger partial charge in [-0.15, -0.1) is 6.42 Å². The molecule has 3 nitrogen and oxygen atoms in total. The van der Waals surface area contributed by atoms with Crippen LogP contribution < -0.4 is 0 Å². The number of imidazole rings is 1. The van der Waals surface area contributed by atoms with Crippen LogP contribution in [-0.4, -0.2) is 14.7 Å². The highest BCUT2D eigenvalue weighted by molar-refractivity contribution is 9.10. The van der Waals surface area contributed by atoms with Crippen molar-refractivity contribution in [1.29, 1.82) is 0 Å². The summed E-state index contributed by atoms with van der Waals surface area (Å²) in [5, 5.41) is 9.15. The van der Waals surface area contributed by atoms with Gasteiger partial charge in [0.05, 0.1) is 17.6 Å². The van der Waals surface area contributed by atoms with Crippen LogP contribution in [0.5, 0.6) is 0 Å². The number of aromatic nitrogens is 2. The number of halogens is 1. The zero-order valence-electron chi connectivity index (χ0n) is 7.94. The summed E-state index contributed by atoms with van der Waals surface area (Å²) in [4.78, 5) is 4.30. The molecule has 2 aromatic rings. The summed E-state index contributed by atoms with van der Waals surface area (Å²) >= 11 is 3.38. The highest BCUT2D eigenvalue weighted by Crippen LogP contribution is 2.20. The molecule has 1 aromatic heterocycles. The molecule has 2 rings (SSSR count). The van der Waals surface area contributed by atoms with Crippen molar-refractivity contribution in [3.63, 3.8) is 0 Å². The zero-order valence-corrected chi connectivity index (χ0v) is 9.53. The first-order valence-electron chi connectivity index (χ1n) is 4.45. The molecule has 1 aromatic carbocycles. The second kappa shape index (κ2) is 4.05. The van der Waals surface area contributed by atoms with Gasteiger partial charge in [0.1, 0.15) is 12.4 Å². The molecule has 0 fully saturated rings. The molecule has 1 heterocycles. The fourth-order valence-corrected chi connectivity index (χ4v) is 1.89. The van der Waals surface area contributed by atoms with Gasteiger partial charge in [-0.1, -0.05) is 21.9 Å². The van der Waals surface area contributed by atoms with E-state index in [4.69, 9.17) is 11.5 Å². The Hall–Kier alpha value is -1.31. The molecule has 0 saturated heterocycles. The summed E-state index contributed by atoms with van der Waals surface area (Å²) in [6.07, 6.45) is 5.27. The fraction of sp³-hybridized carbons (Fsp3) is 0.182. The number of terminal acetylenes is 1. The van der Waals surface area contributed by atoms with Crippen molar-refractivity contribution in [2.75, 3.05) is 0 Å². The first kappa shape index (κ1) is 10.2. The van der Waals surface area contributed by atoms with Crippen LogP contribution in [0, 0.1) is 12.3 Å². The lowest BCUT2D eigenvalue weighted by Gasteiger charge is -2.01. The fourth-order valence-electron chi connectivity index (χ4n) is 1.54. The van der Waals surface area contributed by atoms with E-state index in [1.165, 1.54) is 0 Å². The van der Waals surface area contributed by atoms with Gasteiger partial charge in [0.25, 0.3) is 0 Å². The molecular weight excluding hydrogens is 256 g/mol. The Kier molecular flexibility index (Phi) is 2.76. The second-order valence-corrected chi connectivity index (χ2v) is 4.03. The van der Waals surface area contributed by atoms with E-state index in [0.29, 0.717) is 12.4 Å². The van der Waals surface area contributed by atoms with Crippen molar-refractivity contribution >= 4 is 27.0 Å². The van der Waals surface area contributed by atoms with E-state index in [-0.39, 0.29) is 6.61 Å². The Bertz CT molecular complexity index is 539. The lowest BCUT2D eigenvalue weighted by molar-refractivity contribution is 0.267. The standard InChI is InChI=1S/C11H9BrN2O/c1-2-5-14-10-4-3-8(12)6-9(10)13-11(14)7-15/h1,3-4,6,15H,5,7H2. The summed E-state index contributed by atoms with van der Waals surface area (Å²) in [5.41, 5.74) is 1.78. The maximum Gasteiger partial charge on any atom is 0.136 e. The molecule has 0 radical (unpaired) electrons. The Labute approximate surface area is 95.9 Å². The summed E-state index contributed by atoms with van der Waals surface area (Å²) < 4.78 is 2.80. The molecular formula is C11H9BrN2O. The number of nitrogens with zero attached hydrogens (tertiary/aromatic N) is 2. The van der Waals surface area contributed by atoms with E-state index in [0.717, 1.165) is 15.5 Å². The highest BCUT2D eigenvalue weighted by Gasteiger charge is 2.08. The van der Waals surface area contributed by atoms with Crippen molar-refractivity contribution in [2.24, 2.45) is 0 Å². The third-order valence-electron chi connectivity index (χ3n) is 2.18. The van der Waals surface area contributed by atoms with Crippen LogP contribution in [-0.2, 0) is 13.2 Å². The largest absolute Gasteiger partial charge is 0.388 e. The molecule has 0 bridgehead atoms. The van der Waals surface area contributed by atoms with Gasteiger partial charge in [-0.05, 0) is 18.2 Å². The average Bonchev–Trinajstić information content (AvgIpc) is 2.56. The van der Waals surface area contributed by atoms with Gasteiger partial charge in [0, 0.05) is 4.47 Å². The molecule has 0 atom stereocenters. The number of fused-ring (bicyclic) bond motifs is 1. The molecule has 76 valence electrons. The third kappa shape index (κ3) is 1.76. The Morgan fingerprint density at radius 1 is 1.53 bits per heavy atom. The number of hydrogen-bond donors (Lipinski definition) is 1. The van der Waals surface area contributed by atoms with Crippen LogP contribution >= 0.6 is 15.9 Å². The van der Waals surface area contributed by atoms with Gasteiger partial charge in [-0.25, -0.2) is 4.98 Å². The van der Waals surface area contributed by atoms with Crippen LogP contribution in [0.1, 0.15) is 5.82 Å². The zero-order chi connectivity index (χ0) is 10.8. The quantitative estimate of drug-likeness (QED) is 0.842. The molecule has 0 aliphatic heterocycles. The minimum atomic E-state index is -0.103. The van der Waals surface area contributed by atoms with E-state index in [1.54, 1.807) is 0 Å². The predicted octanol–water partition coefficient (Wildman–Crippen LogP) is 1.92. The predicted molar refractivity (Wildman–Crippen MR) is 62.2 cm³/mol. The molecule has 0 aliphatic carbocycles. The Balaban J connectivity index is 2.70. The van der Waals surface area contributed by atoms with Crippen molar-refractivity contribution in [3.05, 3.63) is 28.5 Å². The van der Waals surface area contributed by atoms with E-state index in [1.807, 2.05) is 22.8 Å². The maximum absolute atomic E-state index is 9.15. The first-order valence-corrected chi connectivity index (χ1v) is 5.24. The van der Waals surface area contributed by atoms with Gasteiger partial charge in [0.15, 0.2) is 0 Å². The number of rotatable bonds is 2. The lowest BCUT2D eigenvalue weighted by Crippen LogP contribution is -2.01. The van der Waals surface area contributed by atoms with Crippen LogP contribution in [0.3, 0.4) is 0 Å². The topological polar surface area (TPSA) is 38.0 Å². The molecule has 0 spiro atoms. The Morgan fingerprint density at radius 2 is 2.33 bits per heavy atom. The summed E-state index contributed by atoms with van der Waals surface area (Å²) in [5.74, 6) is 3.15. The number of aliphatic hydroxyl groups excluding tert-OH is 1. The second-order valence-electron chi connectivity index (χ2n) is 3.11. The summed E-state index contributed by atoms with van der Waals surface area (Å²) in [6, 6.07) is 5.77. The molecule has 0 unspecified atom stereocenters. The molecule has 15 heavy (non-hydrogen) atoms. The number of hydrogen-bond acceptors (Lipinski definition) is 2. The number of benzene rings is 1. The normalized spacial score (nSPS) is 10.5. The van der Waals surface area contributed by atoms with Gasteiger partial charge in [0.2, 0.25) is 0 Å². The molecule has 0 amide bonds. The summed E-state index contributed by atoms with van der Waals surface area (Å²) in [7, 11) is 0. The molecule has 0 aliphatic rings. The number of aliphatic hydroxyl groups is 1. The summed E-state index contributed by atoms with van der Waals surface area (Å²) in [6.45, 7) is 0.321. The van der Waals surface area contributed by atoms with E-state index >= 15 is 0 Å². The minimum absolute atomic E-state index is 0.103. The lowest BCUT2D eigenvalue weighted by atomic mass is 10.3. The van der Waals surface area contributed by atoms with Crippen molar-refractivity contribution in [3.8, 4) is 12.3 Å². The Morgan fingerprint density at radius 3 is 3.00 bits per heavy atom. The van der Waals surface area contributed by atoms with Crippen LogP contribution in [0.15, 0.2) is 22.7 Å². The molecule has 1 N–H and O–H groups in total. The van der Waals surface area contributed by atoms with Gasteiger partial charge < -0.3 is 9.67 Å². The van der Waals surface area contributed by atoms with E-state index in [9.17, 15) is 0 Å². The molecule has 4 heteroatoms. The van der Waals surface area contributed by atoms with Gasteiger partial charge in [-0.3, -0.25) is 0 Å². The SMILES string of the molecule is C#CCn1c(CO)nc2cc(Br)ccc21. The van der Waals surface area contributed by atoms with Crippen LogP contribution in [0.25, 0.3) is 11.0 Å². The molecule has 0 saturated carbocycles. The van der Waals surface area contributed by atoms with Gasteiger partial charge >= 0.3 is 0 Å². The smallest absolute Gasteiger partial charge is 0.136 e. The van der Waals surface area contributed by atoms with E-state index < -0.39 is 0 Å². The maximum atomic E-state index is 9.15. The van der Waals surface area contributed by atoms with Crippen molar-refractivity contribution in [2.45, 2.75) is 13.2 Å². The van der Waals surface area contributed by atoms with Crippen molar-refractivity contribution < 1.29 is 5.11 Å². The average molecular weight is 265 g/mol. The van der Waals surface area contributed by atoms with E-state index in [2.05, 4.69) is 26.8 Å². The van der Waals surface area contributed by atoms with Crippen molar-refractivity contribution in [1.82, 2.24) is 9.55 Å². The van der Waals surface area contributed by atoms with Crippen LogP contribution in [0.2, 0.25) is 0 Å².